The molecule has 382 valence electrons. The molecule has 0 aromatic rings. The third-order valence-corrected chi connectivity index (χ3v) is 17.7. The van der Waals surface area contributed by atoms with Gasteiger partial charge in [0, 0.05) is 25.9 Å². The van der Waals surface area contributed by atoms with Crippen LogP contribution in [0.1, 0.15) is 267 Å². The van der Waals surface area contributed by atoms with E-state index in [9.17, 15) is 14.7 Å². The van der Waals surface area contributed by atoms with Crippen molar-refractivity contribution in [1.29, 1.82) is 0 Å². The Labute approximate surface area is 408 Å². The lowest BCUT2D eigenvalue weighted by molar-refractivity contribution is -0.151. The molecule has 0 radical (unpaired) electrons. The molecule has 3 saturated carbocycles. The van der Waals surface area contributed by atoms with E-state index in [1.807, 2.05) is 0 Å². The largest absolute Gasteiger partial charge is 0.462 e. The molecule has 0 heterocycles. The highest BCUT2D eigenvalue weighted by molar-refractivity contribution is 5.70. The van der Waals surface area contributed by atoms with E-state index in [-0.39, 0.29) is 36.2 Å². The first-order valence-corrected chi connectivity index (χ1v) is 29.1. The quantitative estimate of drug-likeness (QED) is 0.0494. The summed E-state index contributed by atoms with van der Waals surface area (Å²) in [5.74, 6) is 3.92. The van der Waals surface area contributed by atoms with E-state index in [1.165, 1.54) is 109 Å². The van der Waals surface area contributed by atoms with Crippen LogP contribution in [0.2, 0.25) is 0 Å². The van der Waals surface area contributed by atoms with E-state index < -0.39 is 0 Å². The standard InChI is InChI=1S/C60H107NO5/c1-8-10-12-14-15-21-32-51(31-20-13-11-9-2)65-57(63)33-22-16-18-24-43-61(45-26-27-46-62)44-25-19-17-23-34-58(64)66-52-39-41-59(6)50(47-52)35-36-53-55-38-37-54(49(5)30-28-29-48(3)4)60(55,7)42-40-56(53)59/h35-36,48-49,51-52,54-56,62H,8-34,37-47H2,1-7H3. The molecular weight excluding hydrogens is 815 g/mol. The first-order valence-electron chi connectivity index (χ1n) is 29.1. The fourth-order valence-electron chi connectivity index (χ4n) is 13.5. The summed E-state index contributed by atoms with van der Waals surface area (Å²) < 4.78 is 12.2. The van der Waals surface area contributed by atoms with E-state index in [0.29, 0.717) is 24.2 Å². The molecule has 6 nitrogen and oxygen atoms in total. The predicted octanol–water partition coefficient (Wildman–Crippen LogP) is 16.5. The summed E-state index contributed by atoms with van der Waals surface area (Å²) in [4.78, 5) is 28.5. The van der Waals surface area contributed by atoms with Crippen LogP contribution in [0, 0.1) is 40.4 Å². The second-order valence-corrected chi connectivity index (χ2v) is 23.4. The van der Waals surface area contributed by atoms with Gasteiger partial charge in [0.1, 0.15) is 12.2 Å². The van der Waals surface area contributed by atoms with Gasteiger partial charge in [0.2, 0.25) is 0 Å². The lowest BCUT2D eigenvalue weighted by Gasteiger charge is -2.55. The number of unbranched alkanes of at least 4 members (excludes halogenated alkanes) is 15. The Morgan fingerprint density at radius 1 is 0.636 bits per heavy atom. The van der Waals surface area contributed by atoms with Crippen LogP contribution in [0.4, 0.5) is 0 Å². The minimum absolute atomic E-state index is 0.00141. The molecule has 4 aliphatic rings. The first kappa shape index (κ1) is 56.9. The Balaban J connectivity index is 1.10. The molecule has 66 heavy (non-hydrogen) atoms. The lowest BCUT2D eigenvalue weighted by atomic mass is 9.50. The van der Waals surface area contributed by atoms with Crippen LogP contribution in [0.3, 0.4) is 0 Å². The minimum atomic E-state index is -0.00141. The summed E-state index contributed by atoms with van der Waals surface area (Å²) in [7, 11) is 0. The third-order valence-electron chi connectivity index (χ3n) is 17.7. The van der Waals surface area contributed by atoms with Crippen molar-refractivity contribution in [3.05, 3.63) is 23.3 Å². The van der Waals surface area contributed by atoms with Crippen LogP contribution >= 0.6 is 0 Å². The molecule has 3 fully saturated rings. The van der Waals surface area contributed by atoms with Crippen LogP contribution in [0.25, 0.3) is 0 Å². The average molecular weight is 923 g/mol. The van der Waals surface area contributed by atoms with Gasteiger partial charge in [-0.2, -0.15) is 0 Å². The fraction of sp³-hybridized carbons (Fsp3) is 0.900. The Bertz CT molecular complexity index is 1400. The molecule has 0 spiro atoms. The highest BCUT2D eigenvalue weighted by Gasteiger charge is 2.57. The molecule has 8 atom stereocenters. The number of aliphatic hydroxyl groups is 1. The van der Waals surface area contributed by atoms with Gasteiger partial charge in [-0.1, -0.05) is 168 Å². The number of fused-ring (bicyclic) bond motifs is 5. The average Bonchev–Trinajstić information content (AvgIpc) is 3.65. The van der Waals surface area contributed by atoms with Crippen molar-refractivity contribution >= 4 is 11.9 Å². The van der Waals surface area contributed by atoms with E-state index in [4.69, 9.17) is 9.47 Å². The van der Waals surface area contributed by atoms with E-state index in [2.05, 4.69) is 65.5 Å². The topological polar surface area (TPSA) is 76.1 Å². The molecule has 0 aromatic heterocycles. The number of aliphatic hydroxyl groups excluding tert-OH is 1. The minimum Gasteiger partial charge on any atom is -0.462 e. The maximum absolute atomic E-state index is 13.1. The molecule has 0 bridgehead atoms. The van der Waals surface area contributed by atoms with E-state index >= 15 is 0 Å². The van der Waals surface area contributed by atoms with Crippen molar-refractivity contribution in [1.82, 2.24) is 4.90 Å². The second kappa shape index (κ2) is 31.5. The molecule has 0 saturated heterocycles. The van der Waals surface area contributed by atoms with E-state index in [1.54, 1.807) is 11.1 Å². The summed E-state index contributed by atoms with van der Waals surface area (Å²) in [6.45, 7) is 20.5. The lowest BCUT2D eigenvalue weighted by Crippen LogP contribution is -2.46. The smallest absolute Gasteiger partial charge is 0.306 e. The Morgan fingerprint density at radius 2 is 1.23 bits per heavy atom. The molecule has 4 aliphatic carbocycles. The molecule has 0 amide bonds. The maximum Gasteiger partial charge on any atom is 0.306 e. The Kier molecular flexibility index (Phi) is 27.2. The zero-order chi connectivity index (χ0) is 47.6. The van der Waals surface area contributed by atoms with Crippen LogP contribution in [0.15, 0.2) is 23.3 Å². The molecule has 0 aromatic carbocycles. The van der Waals surface area contributed by atoms with Crippen molar-refractivity contribution in [3.63, 3.8) is 0 Å². The van der Waals surface area contributed by atoms with Gasteiger partial charge in [-0.25, -0.2) is 0 Å². The summed E-state index contributed by atoms with van der Waals surface area (Å²) >= 11 is 0. The normalized spacial score (nSPS) is 25.8. The molecule has 0 aliphatic heterocycles. The Hall–Kier alpha value is -1.66. The molecule has 4 rings (SSSR count). The van der Waals surface area contributed by atoms with Gasteiger partial charge in [-0.15, -0.1) is 0 Å². The number of carbonyl (C=O) groups is 2. The van der Waals surface area contributed by atoms with Crippen LogP contribution < -0.4 is 0 Å². The van der Waals surface area contributed by atoms with Gasteiger partial charge in [0.25, 0.3) is 0 Å². The van der Waals surface area contributed by atoms with Gasteiger partial charge in [-0.3, -0.25) is 9.59 Å². The summed E-state index contributed by atoms with van der Waals surface area (Å²) in [6.07, 6.45) is 44.0. The van der Waals surface area contributed by atoms with Crippen LogP contribution in [-0.2, 0) is 19.1 Å². The maximum atomic E-state index is 13.1. The van der Waals surface area contributed by atoms with Crippen LogP contribution in [0.5, 0.6) is 0 Å². The van der Waals surface area contributed by atoms with Crippen molar-refractivity contribution in [2.75, 3.05) is 26.2 Å². The second-order valence-electron chi connectivity index (χ2n) is 23.4. The summed E-state index contributed by atoms with van der Waals surface area (Å²) in [5, 5.41) is 9.41. The number of allylic oxidation sites excluding steroid dienone is 3. The predicted molar refractivity (Wildman–Crippen MR) is 278 cm³/mol. The number of ether oxygens (including phenoxy) is 2. The van der Waals surface area contributed by atoms with Crippen molar-refractivity contribution in [2.45, 2.75) is 279 Å². The SMILES string of the molecule is CCCCCCCCC(CCCCCC)OC(=O)CCCCCCN(CCCCO)CCCCCCC(=O)OC1CCC2(C)C(=CC=C3C2CCC2(C)C3CCC2C(C)CCCC(C)C)C1. The number of hydrogen-bond donors (Lipinski definition) is 1. The van der Waals surface area contributed by atoms with Gasteiger partial charge in [0.15, 0.2) is 0 Å². The van der Waals surface area contributed by atoms with Crippen molar-refractivity contribution < 1.29 is 24.2 Å². The summed E-state index contributed by atoms with van der Waals surface area (Å²) in [6, 6.07) is 0. The fourth-order valence-corrected chi connectivity index (χ4v) is 13.5. The third kappa shape index (κ3) is 18.9. The van der Waals surface area contributed by atoms with Gasteiger partial charge < -0.3 is 19.5 Å². The monoisotopic (exact) mass is 922 g/mol. The number of rotatable bonds is 37. The molecule has 8 unspecified atom stereocenters. The van der Waals surface area contributed by atoms with Gasteiger partial charge in [-0.05, 0) is 163 Å². The molecule has 6 heteroatoms. The zero-order valence-corrected chi connectivity index (χ0v) is 44.6. The number of esters is 2. The molecular formula is C60H107NO5. The zero-order valence-electron chi connectivity index (χ0n) is 44.6. The highest BCUT2D eigenvalue weighted by atomic mass is 16.5. The Morgan fingerprint density at radius 3 is 1.88 bits per heavy atom. The molecule has 1 N–H and O–H groups in total. The highest BCUT2D eigenvalue weighted by Crippen LogP contribution is 2.66. The van der Waals surface area contributed by atoms with Gasteiger partial charge >= 0.3 is 11.9 Å². The number of nitrogens with zero attached hydrogens (tertiary/aromatic N) is 1. The van der Waals surface area contributed by atoms with Crippen molar-refractivity contribution in [3.8, 4) is 0 Å². The van der Waals surface area contributed by atoms with Gasteiger partial charge in [0.05, 0.1) is 0 Å². The number of hydrogen-bond acceptors (Lipinski definition) is 6. The van der Waals surface area contributed by atoms with Crippen molar-refractivity contribution in [2.24, 2.45) is 40.4 Å². The summed E-state index contributed by atoms with van der Waals surface area (Å²) in [5.41, 5.74) is 4.00. The number of carbonyl (C=O) groups excluding carboxylic acids is 2. The first-order chi connectivity index (χ1) is 31.9. The van der Waals surface area contributed by atoms with Crippen LogP contribution in [-0.4, -0.2) is 60.4 Å². The van der Waals surface area contributed by atoms with E-state index in [0.717, 1.165) is 140 Å².